The number of carbonyl (C=O) groups excluding carboxylic acids is 1. The zero-order valence-electron chi connectivity index (χ0n) is 15.6. The van der Waals surface area contributed by atoms with Gasteiger partial charge in [0.05, 0.1) is 19.9 Å². The minimum Gasteiger partial charge on any atom is -0.493 e. The van der Waals surface area contributed by atoms with Crippen molar-refractivity contribution in [2.45, 2.75) is 19.9 Å². The molecule has 2 aromatic rings. The van der Waals surface area contributed by atoms with Crippen LogP contribution < -0.4 is 14.8 Å². The minimum absolute atomic E-state index is 0.205. The lowest BCUT2D eigenvalue weighted by Gasteiger charge is -2.19. The lowest BCUT2D eigenvalue weighted by atomic mass is 10.1. The average Bonchev–Trinajstić information content (AvgIpc) is 2.63. The van der Waals surface area contributed by atoms with Gasteiger partial charge in [0.25, 0.3) is 0 Å². The number of benzene rings is 2. The third-order valence-electron chi connectivity index (χ3n) is 4.15. The van der Waals surface area contributed by atoms with E-state index in [1.165, 1.54) is 6.07 Å². The number of ether oxygens (including phenoxy) is 2. The van der Waals surface area contributed by atoms with Crippen LogP contribution in [0, 0.1) is 12.7 Å². The van der Waals surface area contributed by atoms with Gasteiger partial charge in [-0.2, -0.15) is 0 Å². The maximum Gasteiger partial charge on any atom is 0.225 e. The molecule has 0 aromatic heterocycles. The van der Waals surface area contributed by atoms with Crippen molar-refractivity contribution in [1.29, 1.82) is 0 Å². The molecular weight excluding hydrogens is 335 g/mol. The van der Waals surface area contributed by atoms with Crippen LogP contribution in [0.3, 0.4) is 0 Å². The summed E-state index contributed by atoms with van der Waals surface area (Å²) in [7, 11) is 5.15. The van der Waals surface area contributed by atoms with E-state index in [1.54, 1.807) is 32.4 Å². The van der Waals surface area contributed by atoms with Crippen molar-refractivity contribution >= 4 is 11.6 Å². The lowest BCUT2D eigenvalue weighted by molar-refractivity contribution is -0.116. The smallest absolute Gasteiger partial charge is 0.225 e. The van der Waals surface area contributed by atoms with Gasteiger partial charge < -0.3 is 19.7 Å². The number of rotatable bonds is 8. The molecule has 0 aliphatic carbocycles. The summed E-state index contributed by atoms with van der Waals surface area (Å²) in [5, 5.41) is 2.60. The summed E-state index contributed by atoms with van der Waals surface area (Å²) >= 11 is 0. The fourth-order valence-electron chi connectivity index (χ4n) is 2.63. The van der Waals surface area contributed by atoms with Gasteiger partial charge in [0, 0.05) is 19.5 Å². The molecule has 6 heteroatoms. The molecule has 26 heavy (non-hydrogen) atoms. The lowest BCUT2D eigenvalue weighted by Crippen LogP contribution is -2.24. The van der Waals surface area contributed by atoms with Crippen LogP contribution in [0.25, 0.3) is 0 Å². The monoisotopic (exact) mass is 360 g/mol. The topological polar surface area (TPSA) is 50.8 Å². The largest absolute Gasteiger partial charge is 0.493 e. The van der Waals surface area contributed by atoms with Gasteiger partial charge in [-0.3, -0.25) is 4.79 Å². The number of para-hydroxylation sites is 1. The molecule has 5 nitrogen and oxygen atoms in total. The Morgan fingerprint density at radius 3 is 2.46 bits per heavy atom. The summed E-state index contributed by atoms with van der Waals surface area (Å²) in [5.74, 6) is 0.723. The molecule has 0 aliphatic rings. The molecular formula is C20H25FN2O3. The van der Waals surface area contributed by atoms with Gasteiger partial charge in [0.2, 0.25) is 5.91 Å². The van der Waals surface area contributed by atoms with Gasteiger partial charge in [-0.25, -0.2) is 4.39 Å². The predicted octanol–water partition coefficient (Wildman–Crippen LogP) is 3.61. The second kappa shape index (κ2) is 9.20. The molecule has 0 spiro atoms. The number of hydrogen-bond acceptors (Lipinski definition) is 4. The Labute approximate surface area is 153 Å². The van der Waals surface area contributed by atoms with Gasteiger partial charge >= 0.3 is 0 Å². The highest BCUT2D eigenvalue weighted by Crippen LogP contribution is 2.30. The van der Waals surface area contributed by atoms with Crippen LogP contribution in [0.15, 0.2) is 36.4 Å². The summed E-state index contributed by atoms with van der Waals surface area (Å²) in [6, 6.07) is 10.0. The second-order valence-corrected chi connectivity index (χ2v) is 6.15. The highest BCUT2D eigenvalue weighted by molar-refractivity contribution is 5.90. The molecule has 1 N–H and O–H groups in total. The number of aryl methyl sites for hydroxylation is 1. The maximum atomic E-state index is 13.6. The van der Waals surface area contributed by atoms with Crippen molar-refractivity contribution in [1.82, 2.24) is 4.90 Å². The summed E-state index contributed by atoms with van der Waals surface area (Å²) in [6.07, 6.45) is 0.275. The average molecular weight is 360 g/mol. The summed E-state index contributed by atoms with van der Waals surface area (Å²) in [4.78, 5) is 14.1. The normalized spacial score (nSPS) is 10.7. The molecule has 0 bridgehead atoms. The van der Waals surface area contributed by atoms with Crippen LogP contribution in [-0.2, 0) is 11.3 Å². The molecule has 0 fully saturated rings. The third kappa shape index (κ3) is 5.20. The van der Waals surface area contributed by atoms with E-state index in [0.29, 0.717) is 24.6 Å². The first-order chi connectivity index (χ1) is 12.4. The first kappa shape index (κ1) is 19.7. The van der Waals surface area contributed by atoms with E-state index in [0.717, 1.165) is 11.1 Å². The number of nitrogens with zero attached hydrogens (tertiary/aromatic N) is 1. The van der Waals surface area contributed by atoms with Crippen LogP contribution in [0.1, 0.15) is 17.5 Å². The van der Waals surface area contributed by atoms with E-state index >= 15 is 0 Å². The number of methoxy groups -OCH3 is 2. The Morgan fingerprint density at radius 1 is 1.15 bits per heavy atom. The number of halogens is 1. The first-order valence-corrected chi connectivity index (χ1v) is 8.39. The van der Waals surface area contributed by atoms with Gasteiger partial charge in [0.15, 0.2) is 11.5 Å². The molecule has 2 aromatic carbocycles. The molecule has 0 aliphatic heterocycles. The van der Waals surface area contributed by atoms with Crippen molar-refractivity contribution in [3.05, 3.63) is 53.3 Å². The molecule has 0 saturated carbocycles. The highest BCUT2D eigenvalue weighted by Gasteiger charge is 2.12. The van der Waals surface area contributed by atoms with Crippen molar-refractivity contribution in [3.63, 3.8) is 0 Å². The van der Waals surface area contributed by atoms with Crippen LogP contribution in [0.2, 0.25) is 0 Å². The number of amides is 1. The Balaban J connectivity index is 1.91. The molecule has 1 amide bonds. The number of carbonyl (C=O) groups is 1. The Morgan fingerprint density at radius 2 is 1.81 bits per heavy atom. The van der Waals surface area contributed by atoms with E-state index in [2.05, 4.69) is 5.32 Å². The third-order valence-corrected chi connectivity index (χ3v) is 4.15. The molecule has 0 radical (unpaired) electrons. The Bertz CT molecular complexity index is 765. The molecule has 2 rings (SSSR count). The quantitative estimate of drug-likeness (QED) is 0.781. The predicted molar refractivity (Wildman–Crippen MR) is 100 cm³/mol. The van der Waals surface area contributed by atoms with E-state index in [4.69, 9.17) is 9.47 Å². The van der Waals surface area contributed by atoms with Crippen molar-refractivity contribution in [2.24, 2.45) is 0 Å². The zero-order chi connectivity index (χ0) is 19.1. The zero-order valence-corrected chi connectivity index (χ0v) is 15.6. The van der Waals surface area contributed by atoms with Gasteiger partial charge in [-0.1, -0.05) is 12.1 Å². The van der Waals surface area contributed by atoms with Crippen LogP contribution in [0.5, 0.6) is 11.5 Å². The molecule has 0 heterocycles. The molecule has 0 unspecified atom stereocenters. The number of hydrogen-bond donors (Lipinski definition) is 1. The van der Waals surface area contributed by atoms with Crippen molar-refractivity contribution in [3.8, 4) is 11.5 Å². The second-order valence-electron chi connectivity index (χ2n) is 6.15. The fourth-order valence-corrected chi connectivity index (χ4v) is 2.63. The van der Waals surface area contributed by atoms with Gasteiger partial charge in [-0.15, -0.1) is 0 Å². The van der Waals surface area contributed by atoms with Crippen LogP contribution in [-0.4, -0.2) is 38.6 Å². The van der Waals surface area contributed by atoms with Crippen LogP contribution in [0.4, 0.5) is 10.1 Å². The first-order valence-electron chi connectivity index (χ1n) is 8.39. The minimum atomic E-state index is -0.435. The molecule has 0 saturated heterocycles. The number of anilines is 1. The van der Waals surface area contributed by atoms with Gasteiger partial charge in [-0.05, 0) is 49.4 Å². The summed E-state index contributed by atoms with van der Waals surface area (Å²) in [5.41, 5.74) is 2.39. The van der Waals surface area contributed by atoms with E-state index in [1.807, 2.05) is 31.0 Å². The molecule has 0 atom stereocenters. The van der Waals surface area contributed by atoms with Gasteiger partial charge in [0.1, 0.15) is 5.82 Å². The fraction of sp³-hybridized carbons (Fsp3) is 0.350. The Kier molecular flexibility index (Phi) is 6.97. The van der Waals surface area contributed by atoms with E-state index < -0.39 is 5.82 Å². The van der Waals surface area contributed by atoms with Crippen molar-refractivity contribution in [2.75, 3.05) is 33.1 Å². The van der Waals surface area contributed by atoms with E-state index in [9.17, 15) is 9.18 Å². The summed E-state index contributed by atoms with van der Waals surface area (Å²) < 4.78 is 24.2. The van der Waals surface area contributed by atoms with E-state index in [-0.39, 0.29) is 18.0 Å². The van der Waals surface area contributed by atoms with Crippen molar-refractivity contribution < 1.29 is 18.7 Å². The SMILES string of the molecule is COc1cc(C)c(CN(C)CCC(=O)Nc2ccccc2F)cc1OC. The molecule has 140 valence electrons. The number of nitrogens with one attached hydrogen (secondary N) is 1. The Hall–Kier alpha value is -2.60. The standard InChI is InChI=1S/C20H25FN2O3/c1-14-11-18(25-3)19(26-4)12-15(14)13-23(2)10-9-20(24)22-17-8-6-5-7-16(17)21/h5-8,11-12H,9-10,13H2,1-4H3,(H,22,24). The summed E-state index contributed by atoms with van der Waals surface area (Å²) in [6.45, 7) is 3.23. The van der Waals surface area contributed by atoms with Crippen LogP contribution >= 0.6 is 0 Å². The highest BCUT2D eigenvalue weighted by atomic mass is 19.1. The maximum absolute atomic E-state index is 13.6.